The molecular formula is C17H16ClN5. The Morgan fingerprint density at radius 1 is 1.26 bits per heavy atom. The fourth-order valence-electron chi connectivity index (χ4n) is 3.59. The molecule has 1 aromatic carbocycles. The molecule has 2 aromatic rings. The van der Waals surface area contributed by atoms with Crippen LogP contribution in [0.1, 0.15) is 23.5 Å². The van der Waals surface area contributed by atoms with Crippen molar-refractivity contribution in [1.29, 1.82) is 0 Å². The number of H-pyrrole nitrogens is 1. The Morgan fingerprint density at radius 2 is 2.13 bits per heavy atom. The maximum atomic E-state index is 7.79. The summed E-state index contributed by atoms with van der Waals surface area (Å²) in [5.74, 6) is 0.940. The molecule has 3 atom stereocenters. The van der Waals surface area contributed by atoms with Gasteiger partial charge in [-0.15, -0.1) is 0 Å². The quantitative estimate of drug-likeness (QED) is 0.833. The van der Waals surface area contributed by atoms with E-state index in [2.05, 4.69) is 20.4 Å². The smallest absolute Gasteiger partial charge is 0.272 e. The predicted octanol–water partition coefficient (Wildman–Crippen LogP) is 3.18. The molecule has 1 aromatic heterocycles. The second-order valence-electron chi connectivity index (χ2n) is 5.97. The zero-order valence-electron chi connectivity index (χ0n) is 12.5. The van der Waals surface area contributed by atoms with E-state index >= 15 is 0 Å². The van der Waals surface area contributed by atoms with Crippen LogP contribution in [0.2, 0.25) is 5.02 Å². The van der Waals surface area contributed by atoms with E-state index < -0.39 is 0 Å². The van der Waals surface area contributed by atoms with Gasteiger partial charge in [-0.3, -0.25) is 5.10 Å². The molecule has 0 aliphatic carbocycles. The number of nitrogens with zero attached hydrogens (tertiary/aromatic N) is 3. The van der Waals surface area contributed by atoms with Gasteiger partial charge in [0.15, 0.2) is 5.82 Å². The lowest BCUT2D eigenvalue weighted by atomic mass is 9.79. The topological polar surface area (TPSA) is 57.4 Å². The van der Waals surface area contributed by atoms with E-state index in [9.17, 15) is 0 Å². The Morgan fingerprint density at radius 3 is 2.87 bits per heavy atom. The summed E-state index contributed by atoms with van der Waals surface area (Å²) >= 11 is 6.44. The predicted molar refractivity (Wildman–Crippen MR) is 90.3 cm³/mol. The molecule has 23 heavy (non-hydrogen) atoms. The molecule has 0 amide bonds. The van der Waals surface area contributed by atoms with Gasteiger partial charge in [0.1, 0.15) is 5.71 Å². The summed E-state index contributed by atoms with van der Waals surface area (Å²) in [6.45, 7) is 9.64. The fourth-order valence-corrected chi connectivity index (χ4v) is 3.84. The lowest BCUT2D eigenvalue weighted by molar-refractivity contribution is 0.695. The molecule has 3 unspecified atom stereocenters. The van der Waals surface area contributed by atoms with Crippen LogP contribution in [0.5, 0.6) is 0 Å². The number of fused-ring (bicyclic) bond motifs is 1. The van der Waals surface area contributed by atoms with Gasteiger partial charge in [-0.05, 0) is 24.6 Å². The summed E-state index contributed by atoms with van der Waals surface area (Å²) in [6.07, 6.45) is 2.79. The fraction of sp³-hybridized carbons (Fsp3) is 0.353. The Kier molecular flexibility index (Phi) is 3.64. The second-order valence-corrected chi connectivity index (χ2v) is 6.38. The van der Waals surface area contributed by atoms with E-state index in [0.29, 0.717) is 10.9 Å². The zero-order chi connectivity index (χ0) is 15.8. The summed E-state index contributed by atoms with van der Waals surface area (Å²) in [6, 6.07) is 7.42. The first-order chi connectivity index (χ1) is 11.3. The lowest BCUT2D eigenvalue weighted by Gasteiger charge is -2.26. The minimum absolute atomic E-state index is 0.122. The largest absolute Gasteiger partial charge is 0.316 e. The number of benzene rings is 1. The van der Waals surface area contributed by atoms with Crippen molar-refractivity contribution in [2.75, 3.05) is 13.1 Å². The van der Waals surface area contributed by atoms with Gasteiger partial charge in [0.2, 0.25) is 0 Å². The Balaban J connectivity index is 1.87. The molecule has 1 saturated heterocycles. The van der Waals surface area contributed by atoms with Gasteiger partial charge >= 0.3 is 0 Å². The van der Waals surface area contributed by atoms with Gasteiger partial charge in [-0.1, -0.05) is 29.8 Å². The van der Waals surface area contributed by atoms with E-state index in [-0.39, 0.29) is 12.0 Å². The summed E-state index contributed by atoms with van der Waals surface area (Å²) in [5.41, 5.74) is 2.87. The van der Waals surface area contributed by atoms with Crippen molar-refractivity contribution in [3.05, 3.63) is 58.0 Å². The van der Waals surface area contributed by atoms with Crippen molar-refractivity contribution in [1.82, 2.24) is 15.5 Å². The monoisotopic (exact) mass is 325 g/mol. The average molecular weight is 326 g/mol. The van der Waals surface area contributed by atoms with Gasteiger partial charge in [0, 0.05) is 23.0 Å². The highest BCUT2D eigenvalue weighted by Crippen LogP contribution is 2.43. The molecule has 0 saturated carbocycles. The summed E-state index contributed by atoms with van der Waals surface area (Å²) in [5, 5.41) is 11.2. The van der Waals surface area contributed by atoms with Crippen LogP contribution in [0.15, 0.2) is 35.5 Å². The summed E-state index contributed by atoms with van der Waals surface area (Å²) in [7, 11) is 0. The van der Waals surface area contributed by atoms with Crippen LogP contribution >= 0.6 is 11.6 Å². The molecule has 0 spiro atoms. The van der Waals surface area contributed by atoms with Crippen molar-refractivity contribution in [2.24, 2.45) is 10.9 Å². The summed E-state index contributed by atoms with van der Waals surface area (Å²) in [4.78, 5) is 8.69. The maximum absolute atomic E-state index is 7.79. The van der Waals surface area contributed by atoms with Crippen molar-refractivity contribution in [3.63, 3.8) is 0 Å². The molecule has 2 N–H and O–H groups in total. The highest BCUT2D eigenvalue weighted by Gasteiger charge is 2.44. The number of halogens is 1. The zero-order valence-corrected chi connectivity index (χ0v) is 13.2. The molecular weight excluding hydrogens is 310 g/mol. The number of hydrogen-bond donors (Lipinski definition) is 2. The number of aliphatic imine (C=N–C) groups is 1. The normalized spacial score (nSPS) is 26.4. The third kappa shape index (κ3) is 2.35. The minimum atomic E-state index is -0.329. The number of nitrogens with one attached hydrogen (secondary N) is 2. The van der Waals surface area contributed by atoms with Crippen molar-refractivity contribution in [2.45, 2.75) is 18.4 Å². The SMILES string of the molecule is [C-]#[N+]C1C(C2CCNC2)=Nc2[nH]ncc2C1c1ccccc1Cl. The molecule has 2 aliphatic rings. The molecule has 1 fully saturated rings. The number of hydrogen-bond acceptors (Lipinski definition) is 3. The Hall–Kier alpha value is -2.16. The van der Waals surface area contributed by atoms with Crippen LogP contribution in [0.3, 0.4) is 0 Å². The van der Waals surface area contributed by atoms with Crippen LogP contribution in [0.25, 0.3) is 4.85 Å². The van der Waals surface area contributed by atoms with E-state index in [1.54, 1.807) is 6.20 Å². The van der Waals surface area contributed by atoms with Crippen LogP contribution in [-0.4, -0.2) is 35.0 Å². The van der Waals surface area contributed by atoms with Crippen LogP contribution in [0, 0.1) is 12.5 Å². The third-order valence-corrected chi connectivity index (χ3v) is 5.04. The Bertz CT molecular complexity index is 797. The second kappa shape index (κ2) is 5.80. The molecule has 2 aliphatic heterocycles. The molecule has 5 nitrogen and oxygen atoms in total. The first-order valence-electron chi connectivity index (χ1n) is 7.73. The van der Waals surface area contributed by atoms with Crippen LogP contribution in [0.4, 0.5) is 5.82 Å². The number of aromatic nitrogens is 2. The minimum Gasteiger partial charge on any atom is -0.316 e. The maximum Gasteiger partial charge on any atom is 0.272 e. The van der Waals surface area contributed by atoms with Crippen molar-refractivity contribution < 1.29 is 0 Å². The van der Waals surface area contributed by atoms with E-state index in [4.69, 9.17) is 23.2 Å². The van der Waals surface area contributed by atoms with Gasteiger partial charge in [0.25, 0.3) is 6.04 Å². The van der Waals surface area contributed by atoms with Crippen LogP contribution < -0.4 is 5.32 Å². The first-order valence-corrected chi connectivity index (χ1v) is 8.11. The molecule has 0 bridgehead atoms. The number of aromatic amines is 1. The van der Waals surface area contributed by atoms with Gasteiger partial charge in [-0.25, -0.2) is 11.6 Å². The third-order valence-electron chi connectivity index (χ3n) is 4.70. The highest BCUT2D eigenvalue weighted by molar-refractivity contribution is 6.31. The number of rotatable bonds is 2. The van der Waals surface area contributed by atoms with Crippen molar-refractivity contribution >= 4 is 23.1 Å². The average Bonchev–Trinajstić information content (AvgIpc) is 3.25. The van der Waals surface area contributed by atoms with Gasteiger partial charge in [0.05, 0.1) is 12.1 Å². The van der Waals surface area contributed by atoms with Crippen molar-refractivity contribution in [3.8, 4) is 0 Å². The standard InChI is InChI=1S/C17H16ClN5/c1-19-16-14(11-4-2-3-5-13(11)18)12-9-21-23-17(12)22-15(16)10-6-7-20-8-10/h2-5,9-10,14,16,20H,6-8H2,(H,21,23). The van der Waals surface area contributed by atoms with Crippen LogP contribution in [-0.2, 0) is 0 Å². The molecule has 4 rings (SSSR count). The lowest BCUT2D eigenvalue weighted by Crippen LogP contribution is -2.35. The Labute approximate surface area is 139 Å². The van der Waals surface area contributed by atoms with Gasteiger partial charge in [-0.2, -0.15) is 5.10 Å². The first kappa shape index (κ1) is 14.4. The van der Waals surface area contributed by atoms with E-state index in [0.717, 1.165) is 42.2 Å². The van der Waals surface area contributed by atoms with E-state index in [1.807, 2.05) is 24.3 Å². The molecule has 6 heteroatoms. The molecule has 0 radical (unpaired) electrons. The van der Waals surface area contributed by atoms with Gasteiger partial charge < -0.3 is 10.2 Å². The van der Waals surface area contributed by atoms with E-state index in [1.165, 1.54) is 0 Å². The summed E-state index contributed by atoms with van der Waals surface area (Å²) < 4.78 is 0. The molecule has 116 valence electrons. The molecule has 3 heterocycles. The highest BCUT2D eigenvalue weighted by atomic mass is 35.5.